The molecule has 2 aliphatic carbocycles. The van der Waals surface area contributed by atoms with Crippen LogP contribution in [0.5, 0.6) is 0 Å². The monoisotopic (exact) mass is 445 g/mol. The number of aliphatic imine (C=N–C) groups is 1. The molecule has 164 valence electrons. The second kappa shape index (κ2) is 8.46. The zero-order valence-electron chi connectivity index (χ0n) is 15.9. The van der Waals surface area contributed by atoms with Crippen LogP contribution in [0, 0.1) is 11.3 Å². The molecule has 11 heteroatoms. The molecule has 3 N–H and O–H groups in total. The average Bonchev–Trinajstić information content (AvgIpc) is 3.50. The molecule has 0 spiro atoms. The van der Waals surface area contributed by atoms with Crippen LogP contribution in [0.25, 0.3) is 0 Å². The van der Waals surface area contributed by atoms with E-state index in [0.717, 1.165) is 25.1 Å². The molecule has 2 unspecified atom stereocenters. The van der Waals surface area contributed by atoms with Gasteiger partial charge in [-0.2, -0.15) is 13.2 Å². The molecule has 0 aromatic heterocycles. The van der Waals surface area contributed by atoms with Crippen molar-refractivity contribution in [1.29, 1.82) is 5.41 Å². The number of nitrogens with zero attached hydrogens (tertiary/aromatic N) is 1. The Bertz CT molecular complexity index is 972. The van der Waals surface area contributed by atoms with E-state index in [9.17, 15) is 26.4 Å². The van der Waals surface area contributed by atoms with Gasteiger partial charge >= 0.3 is 12.1 Å². The largest absolute Gasteiger partial charge is 0.480 e. The number of rotatable bonds is 7. The fourth-order valence-corrected chi connectivity index (χ4v) is 5.01. The molecule has 0 heterocycles. The third-order valence-electron chi connectivity index (χ3n) is 5.29. The Morgan fingerprint density at radius 2 is 1.97 bits per heavy atom. The molecule has 0 radical (unpaired) electrons. The quantitative estimate of drug-likeness (QED) is 0.558. The fraction of sp³-hybridized carbons (Fsp3) is 0.526. The highest BCUT2D eigenvalue weighted by molar-refractivity contribution is 7.89. The third kappa shape index (κ3) is 5.25. The lowest BCUT2D eigenvalue weighted by Crippen LogP contribution is -2.46. The molecule has 2 aliphatic rings. The molecule has 7 nitrogen and oxygen atoms in total. The molecular weight excluding hydrogens is 423 g/mol. The van der Waals surface area contributed by atoms with Gasteiger partial charge in [-0.15, -0.1) is 0 Å². The van der Waals surface area contributed by atoms with E-state index >= 15 is 0 Å². The number of carboxylic acid groups (broad SMARTS) is 1. The standard InChI is InChI=1S/C19H22F3N3O4S/c20-19(21,22)13-6-12(11-4-5-11)7-14(8-13)30(28,29)25-17-3-1-2-16(15(17)9-23)24-10-18(26)27/h6-9,11,15,17,23,25H,1-5,10H2,(H,26,27). The maximum atomic E-state index is 13.3. The molecule has 2 fully saturated rings. The molecule has 1 aromatic rings. The van der Waals surface area contributed by atoms with Crippen LogP contribution < -0.4 is 4.72 Å². The highest BCUT2D eigenvalue weighted by Gasteiger charge is 2.37. The number of halogens is 3. The number of carboxylic acids is 1. The van der Waals surface area contributed by atoms with Crippen molar-refractivity contribution >= 4 is 27.9 Å². The van der Waals surface area contributed by atoms with Gasteiger partial charge in [0.05, 0.1) is 10.5 Å². The van der Waals surface area contributed by atoms with Gasteiger partial charge in [-0.3, -0.25) is 9.79 Å². The van der Waals surface area contributed by atoms with Gasteiger partial charge in [-0.05, 0) is 61.8 Å². The zero-order valence-corrected chi connectivity index (χ0v) is 16.8. The van der Waals surface area contributed by atoms with E-state index in [0.29, 0.717) is 36.6 Å². The number of hydrogen-bond acceptors (Lipinski definition) is 5. The van der Waals surface area contributed by atoms with Gasteiger partial charge in [0.25, 0.3) is 0 Å². The van der Waals surface area contributed by atoms with E-state index in [1.807, 2.05) is 0 Å². The number of sulfonamides is 1. The summed E-state index contributed by atoms with van der Waals surface area (Å²) in [6, 6.07) is 2.11. The van der Waals surface area contributed by atoms with E-state index in [1.165, 1.54) is 6.07 Å². The number of nitrogens with one attached hydrogen (secondary N) is 2. The average molecular weight is 445 g/mol. The first-order valence-corrected chi connectivity index (χ1v) is 11.0. The Morgan fingerprint density at radius 1 is 1.27 bits per heavy atom. The van der Waals surface area contributed by atoms with Crippen molar-refractivity contribution in [2.75, 3.05) is 6.54 Å². The highest BCUT2D eigenvalue weighted by atomic mass is 32.2. The summed E-state index contributed by atoms with van der Waals surface area (Å²) in [5.41, 5.74) is -0.265. The summed E-state index contributed by atoms with van der Waals surface area (Å²) in [7, 11) is -4.29. The Labute approximate surface area is 172 Å². The summed E-state index contributed by atoms with van der Waals surface area (Å²) in [4.78, 5) is 14.3. The normalized spacial score (nSPS) is 24.0. The van der Waals surface area contributed by atoms with E-state index in [2.05, 4.69) is 9.71 Å². The lowest BCUT2D eigenvalue weighted by Gasteiger charge is -2.30. The van der Waals surface area contributed by atoms with Crippen molar-refractivity contribution in [2.24, 2.45) is 10.9 Å². The van der Waals surface area contributed by atoms with Crippen LogP contribution in [0.4, 0.5) is 13.2 Å². The van der Waals surface area contributed by atoms with Crippen LogP contribution in [0.2, 0.25) is 0 Å². The molecule has 2 atom stereocenters. The second-order valence-corrected chi connectivity index (χ2v) is 9.29. The SMILES string of the molecule is N=CC1C(=NCC(=O)O)CCCC1NS(=O)(=O)c1cc(C2CC2)cc(C(F)(F)F)c1. The molecule has 3 rings (SSSR count). The maximum Gasteiger partial charge on any atom is 0.416 e. The van der Waals surface area contributed by atoms with Crippen LogP contribution in [0.15, 0.2) is 28.1 Å². The van der Waals surface area contributed by atoms with Gasteiger partial charge < -0.3 is 10.5 Å². The number of carbonyl (C=O) groups is 1. The van der Waals surface area contributed by atoms with Crippen molar-refractivity contribution in [3.05, 3.63) is 29.3 Å². The predicted octanol–water partition coefficient (Wildman–Crippen LogP) is 3.20. The number of benzene rings is 1. The molecule has 30 heavy (non-hydrogen) atoms. The Morgan fingerprint density at radius 3 is 2.53 bits per heavy atom. The number of alkyl halides is 3. The van der Waals surface area contributed by atoms with Gasteiger partial charge in [-0.25, -0.2) is 13.1 Å². The molecule has 0 aliphatic heterocycles. The van der Waals surface area contributed by atoms with E-state index in [1.54, 1.807) is 0 Å². The molecule has 0 bridgehead atoms. The Balaban J connectivity index is 1.90. The van der Waals surface area contributed by atoms with Crippen molar-refractivity contribution in [3.63, 3.8) is 0 Å². The zero-order chi connectivity index (χ0) is 22.1. The van der Waals surface area contributed by atoms with E-state index < -0.39 is 51.1 Å². The minimum absolute atomic E-state index is 0.0694. The van der Waals surface area contributed by atoms with Crippen LogP contribution in [-0.4, -0.2) is 44.0 Å². The lowest BCUT2D eigenvalue weighted by atomic mass is 9.84. The summed E-state index contributed by atoms with van der Waals surface area (Å²) in [5.74, 6) is -1.97. The van der Waals surface area contributed by atoms with Crippen molar-refractivity contribution < 1.29 is 31.5 Å². The molecule has 1 aromatic carbocycles. The van der Waals surface area contributed by atoms with Crippen LogP contribution in [0.1, 0.15) is 49.1 Å². The third-order valence-corrected chi connectivity index (χ3v) is 6.75. The smallest absolute Gasteiger partial charge is 0.416 e. The van der Waals surface area contributed by atoms with Gasteiger partial charge in [-0.1, -0.05) is 0 Å². The fourth-order valence-electron chi connectivity index (χ4n) is 3.64. The Hall–Kier alpha value is -2.27. The van der Waals surface area contributed by atoms with Crippen molar-refractivity contribution in [1.82, 2.24) is 4.72 Å². The van der Waals surface area contributed by atoms with E-state index in [-0.39, 0.29) is 5.92 Å². The first kappa shape index (κ1) is 22.4. The lowest BCUT2D eigenvalue weighted by molar-refractivity contribution is -0.138. The first-order valence-electron chi connectivity index (χ1n) is 9.51. The van der Waals surface area contributed by atoms with Crippen LogP contribution in [-0.2, 0) is 21.0 Å². The van der Waals surface area contributed by atoms with Gasteiger partial charge in [0.15, 0.2) is 0 Å². The molecular formula is C19H22F3N3O4S. The molecule has 2 saturated carbocycles. The van der Waals surface area contributed by atoms with Crippen LogP contribution >= 0.6 is 0 Å². The number of hydrogen-bond donors (Lipinski definition) is 3. The second-order valence-electron chi connectivity index (χ2n) is 7.58. The summed E-state index contributed by atoms with van der Waals surface area (Å²) >= 11 is 0. The van der Waals surface area contributed by atoms with Crippen LogP contribution in [0.3, 0.4) is 0 Å². The van der Waals surface area contributed by atoms with Crippen molar-refractivity contribution in [3.8, 4) is 0 Å². The van der Waals surface area contributed by atoms with Crippen molar-refractivity contribution in [2.45, 2.75) is 55.1 Å². The maximum absolute atomic E-state index is 13.3. The minimum atomic E-state index is -4.67. The Kier molecular flexibility index (Phi) is 6.32. The topological polar surface area (TPSA) is 120 Å². The van der Waals surface area contributed by atoms with Gasteiger partial charge in [0.2, 0.25) is 10.0 Å². The summed E-state index contributed by atoms with van der Waals surface area (Å²) in [5, 5.41) is 16.4. The minimum Gasteiger partial charge on any atom is -0.480 e. The van der Waals surface area contributed by atoms with Gasteiger partial charge in [0, 0.05) is 23.9 Å². The van der Waals surface area contributed by atoms with E-state index in [4.69, 9.17) is 10.5 Å². The summed E-state index contributed by atoms with van der Waals surface area (Å²) < 4.78 is 68.1. The highest BCUT2D eigenvalue weighted by Crippen LogP contribution is 2.43. The molecule has 0 saturated heterocycles. The predicted molar refractivity (Wildman–Crippen MR) is 104 cm³/mol. The summed E-state index contributed by atoms with van der Waals surface area (Å²) in [6.07, 6.45) is -0.929. The van der Waals surface area contributed by atoms with Gasteiger partial charge in [0.1, 0.15) is 6.54 Å². The number of aliphatic carboxylic acids is 1. The first-order chi connectivity index (χ1) is 14.0. The summed E-state index contributed by atoms with van der Waals surface area (Å²) in [6.45, 7) is -0.489. The molecule has 0 amide bonds.